The Bertz CT molecular complexity index is 445. The number of nitrogens with zero attached hydrogens (tertiary/aromatic N) is 1. The van der Waals surface area contributed by atoms with Crippen LogP contribution >= 0.6 is 11.3 Å². The molecule has 0 atom stereocenters. The second kappa shape index (κ2) is 3.58. The number of aromatic nitrogens is 1. The van der Waals surface area contributed by atoms with Crippen LogP contribution in [0.2, 0.25) is 0 Å². The highest BCUT2D eigenvalue weighted by atomic mass is 32.1. The normalized spacial score (nSPS) is 11.4. The molecule has 0 bridgehead atoms. The lowest BCUT2D eigenvalue weighted by atomic mass is 10.1. The third-order valence-corrected chi connectivity index (χ3v) is 3.22. The number of hydrogen-bond acceptors (Lipinski definition) is 3. The first-order valence-electron chi connectivity index (χ1n) is 4.80. The molecular formula is C11H14N2S. The van der Waals surface area contributed by atoms with Crippen LogP contribution in [0, 0.1) is 5.92 Å². The number of nitrogens with two attached hydrogens (primary N) is 1. The Morgan fingerprint density at radius 2 is 2.21 bits per heavy atom. The van der Waals surface area contributed by atoms with Crippen molar-refractivity contribution in [2.24, 2.45) is 5.92 Å². The van der Waals surface area contributed by atoms with Crippen LogP contribution in [-0.2, 0) is 6.42 Å². The van der Waals surface area contributed by atoms with Crippen molar-refractivity contribution in [1.29, 1.82) is 0 Å². The summed E-state index contributed by atoms with van der Waals surface area (Å²) in [6, 6.07) is 5.90. The zero-order valence-electron chi connectivity index (χ0n) is 8.45. The van der Waals surface area contributed by atoms with E-state index in [2.05, 4.69) is 18.8 Å². The van der Waals surface area contributed by atoms with Crippen molar-refractivity contribution < 1.29 is 0 Å². The third-order valence-electron chi connectivity index (χ3n) is 2.07. The van der Waals surface area contributed by atoms with Crippen LogP contribution in [0.25, 0.3) is 10.2 Å². The third kappa shape index (κ3) is 1.73. The molecule has 0 aliphatic heterocycles. The van der Waals surface area contributed by atoms with Crippen molar-refractivity contribution in [2.75, 3.05) is 5.73 Å². The fraction of sp³-hybridized carbons (Fsp3) is 0.364. The molecule has 0 saturated heterocycles. The topological polar surface area (TPSA) is 38.9 Å². The van der Waals surface area contributed by atoms with Crippen molar-refractivity contribution in [3.8, 4) is 0 Å². The van der Waals surface area contributed by atoms with E-state index in [4.69, 9.17) is 5.73 Å². The van der Waals surface area contributed by atoms with Crippen molar-refractivity contribution in [3.63, 3.8) is 0 Å². The molecule has 0 radical (unpaired) electrons. The van der Waals surface area contributed by atoms with Gasteiger partial charge in [0.25, 0.3) is 0 Å². The number of fused-ring (bicyclic) bond motifs is 1. The molecule has 0 aliphatic carbocycles. The molecule has 0 fully saturated rings. The van der Waals surface area contributed by atoms with Gasteiger partial charge in [-0.1, -0.05) is 19.9 Å². The van der Waals surface area contributed by atoms with Crippen LogP contribution in [0.4, 0.5) is 5.69 Å². The number of anilines is 1. The molecule has 0 unspecified atom stereocenters. The molecule has 2 rings (SSSR count). The Balaban J connectivity index is 2.46. The summed E-state index contributed by atoms with van der Waals surface area (Å²) < 4.78 is 1.13. The van der Waals surface area contributed by atoms with Crippen LogP contribution in [0.5, 0.6) is 0 Å². The van der Waals surface area contributed by atoms with Gasteiger partial charge in [0.1, 0.15) is 0 Å². The van der Waals surface area contributed by atoms with Gasteiger partial charge in [-0.2, -0.15) is 0 Å². The molecule has 0 amide bonds. The predicted octanol–water partition coefficient (Wildman–Crippen LogP) is 3.08. The van der Waals surface area contributed by atoms with E-state index in [1.807, 2.05) is 18.2 Å². The molecule has 74 valence electrons. The number of thiazole rings is 1. The van der Waals surface area contributed by atoms with Crippen molar-refractivity contribution in [1.82, 2.24) is 4.98 Å². The maximum absolute atomic E-state index is 5.87. The predicted molar refractivity (Wildman–Crippen MR) is 62.6 cm³/mol. The summed E-state index contributed by atoms with van der Waals surface area (Å²) >= 11 is 1.72. The molecule has 0 spiro atoms. The molecule has 0 saturated carbocycles. The maximum Gasteiger partial charge on any atom is 0.0941 e. The summed E-state index contributed by atoms with van der Waals surface area (Å²) in [7, 11) is 0. The van der Waals surface area contributed by atoms with Crippen LogP contribution in [0.1, 0.15) is 18.9 Å². The molecule has 1 aromatic carbocycles. The van der Waals surface area contributed by atoms with E-state index in [1.165, 1.54) is 5.01 Å². The van der Waals surface area contributed by atoms with E-state index < -0.39 is 0 Å². The largest absolute Gasteiger partial charge is 0.398 e. The van der Waals surface area contributed by atoms with E-state index in [0.29, 0.717) is 5.92 Å². The summed E-state index contributed by atoms with van der Waals surface area (Å²) in [6.07, 6.45) is 1.04. The highest BCUT2D eigenvalue weighted by Crippen LogP contribution is 2.28. The Hall–Kier alpha value is -1.09. The van der Waals surface area contributed by atoms with Crippen molar-refractivity contribution in [2.45, 2.75) is 20.3 Å². The zero-order valence-corrected chi connectivity index (χ0v) is 9.27. The van der Waals surface area contributed by atoms with E-state index in [0.717, 1.165) is 22.3 Å². The monoisotopic (exact) mass is 206 g/mol. The van der Waals surface area contributed by atoms with E-state index in [-0.39, 0.29) is 0 Å². The molecule has 2 aromatic rings. The van der Waals surface area contributed by atoms with E-state index in [1.54, 1.807) is 11.3 Å². The molecule has 1 aromatic heterocycles. The molecule has 2 N–H and O–H groups in total. The van der Waals surface area contributed by atoms with Gasteiger partial charge in [0.2, 0.25) is 0 Å². The summed E-state index contributed by atoms with van der Waals surface area (Å²) in [5.74, 6) is 0.650. The van der Waals surface area contributed by atoms with Gasteiger partial charge in [-0.05, 0) is 18.1 Å². The summed E-state index contributed by atoms with van der Waals surface area (Å²) in [4.78, 5) is 4.55. The molecule has 14 heavy (non-hydrogen) atoms. The zero-order chi connectivity index (χ0) is 10.1. The lowest BCUT2D eigenvalue weighted by Gasteiger charge is -1.97. The quantitative estimate of drug-likeness (QED) is 0.767. The summed E-state index contributed by atoms with van der Waals surface area (Å²) in [6.45, 7) is 4.41. The minimum atomic E-state index is 0.650. The summed E-state index contributed by atoms with van der Waals surface area (Å²) in [5.41, 5.74) is 7.75. The van der Waals surface area contributed by atoms with Crippen LogP contribution in [-0.4, -0.2) is 4.98 Å². The Kier molecular flexibility index (Phi) is 2.42. The minimum absolute atomic E-state index is 0.650. The summed E-state index contributed by atoms with van der Waals surface area (Å²) in [5, 5.41) is 1.19. The number of rotatable bonds is 2. The van der Waals surface area contributed by atoms with Gasteiger partial charge in [-0.15, -0.1) is 11.3 Å². The van der Waals surface area contributed by atoms with Gasteiger partial charge in [-0.3, -0.25) is 0 Å². The Labute approximate surface area is 87.8 Å². The van der Waals surface area contributed by atoms with Crippen molar-refractivity contribution in [3.05, 3.63) is 23.2 Å². The highest BCUT2D eigenvalue weighted by molar-refractivity contribution is 7.19. The molecule has 1 heterocycles. The van der Waals surface area contributed by atoms with Crippen LogP contribution in [0.15, 0.2) is 18.2 Å². The Morgan fingerprint density at radius 3 is 2.86 bits per heavy atom. The fourth-order valence-corrected chi connectivity index (χ4v) is 2.65. The Morgan fingerprint density at radius 1 is 1.43 bits per heavy atom. The van der Waals surface area contributed by atoms with Crippen LogP contribution < -0.4 is 5.73 Å². The second-order valence-corrected chi connectivity index (χ2v) is 4.98. The maximum atomic E-state index is 5.87. The SMILES string of the molecule is CC(C)Cc1nc2cccc(N)c2s1. The fourth-order valence-electron chi connectivity index (χ4n) is 1.45. The molecule has 2 nitrogen and oxygen atoms in total. The molecule has 0 aliphatic rings. The standard InChI is InChI=1S/C11H14N2S/c1-7(2)6-10-13-9-5-3-4-8(12)11(9)14-10/h3-5,7H,6,12H2,1-2H3. The van der Waals surface area contributed by atoms with E-state index >= 15 is 0 Å². The smallest absolute Gasteiger partial charge is 0.0941 e. The van der Waals surface area contributed by atoms with Crippen molar-refractivity contribution >= 4 is 27.2 Å². The number of benzene rings is 1. The number of nitrogen functional groups attached to an aromatic ring is 1. The van der Waals surface area contributed by atoms with Gasteiger partial charge in [0.15, 0.2) is 0 Å². The lowest BCUT2D eigenvalue weighted by Crippen LogP contribution is -1.91. The van der Waals surface area contributed by atoms with Gasteiger partial charge in [0.05, 0.1) is 20.9 Å². The number of hydrogen-bond donors (Lipinski definition) is 1. The molecular weight excluding hydrogens is 192 g/mol. The van der Waals surface area contributed by atoms with Gasteiger partial charge >= 0.3 is 0 Å². The molecule has 3 heteroatoms. The highest BCUT2D eigenvalue weighted by Gasteiger charge is 2.07. The first kappa shape index (κ1) is 9.46. The average molecular weight is 206 g/mol. The van der Waals surface area contributed by atoms with E-state index in [9.17, 15) is 0 Å². The van der Waals surface area contributed by atoms with Crippen LogP contribution in [0.3, 0.4) is 0 Å². The first-order valence-corrected chi connectivity index (χ1v) is 5.62. The first-order chi connectivity index (χ1) is 6.66. The second-order valence-electron chi connectivity index (χ2n) is 3.90. The minimum Gasteiger partial charge on any atom is -0.398 e. The van der Waals surface area contributed by atoms with Gasteiger partial charge in [-0.25, -0.2) is 4.98 Å². The lowest BCUT2D eigenvalue weighted by molar-refractivity contribution is 0.645. The van der Waals surface area contributed by atoms with Gasteiger partial charge < -0.3 is 5.73 Å². The average Bonchev–Trinajstić information content (AvgIpc) is 2.47. The van der Waals surface area contributed by atoms with Gasteiger partial charge in [0, 0.05) is 6.42 Å².